The first-order valence-corrected chi connectivity index (χ1v) is 8.72. The topological polar surface area (TPSA) is 47.6 Å². The summed E-state index contributed by atoms with van der Waals surface area (Å²) in [5.41, 5.74) is 1.21. The highest BCUT2D eigenvalue weighted by molar-refractivity contribution is 7.85. The normalized spacial score (nSPS) is 27.1. The highest BCUT2D eigenvalue weighted by atomic mass is 32.2. The van der Waals surface area contributed by atoms with Gasteiger partial charge in [0.1, 0.15) is 13.2 Å². The van der Waals surface area contributed by atoms with E-state index in [0.717, 1.165) is 35.8 Å². The minimum Gasteiger partial charge on any atom is -0.486 e. The summed E-state index contributed by atoms with van der Waals surface area (Å²) in [4.78, 5) is 0. The summed E-state index contributed by atoms with van der Waals surface area (Å²) in [6.45, 7) is 3.41. The van der Waals surface area contributed by atoms with Crippen molar-refractivity contribution in [3.05, 3.63) is 23.8 Å². The molecule has 1 aromatic rings. The zero-order chi connectivity index (χ0) is 13.9. The zero-order valence-electron chi connectivity index (χ0n) is 11.8. The molecule has 1 atom stereocenters. The summed E-state index contributed by atoms with van der Waals surface area (Å²) < 4.78 is 22.5. The van der Waals surface area contributed by atoms with Gasteiger partial charge >= 0.3 is 0 Å². The Morgan fingerprint density at radius 2 is 1.90 bits per heavy atom. The average Bonchev–Trinajstić information content (AvgIpc) is 2.49. The maximum absolute atomic E-state index is 11.4. The average molecular weight is 295 g/mol. The van der Waals surface area contributed by atoms with Gasteiger partial charge in [0.2, 0.25) is 0 Å². The van der Waals surface area contributed by atoms with E-state index in [-0.39, 0.29) is 6.04 Å². The first-order valence-electron chi connectivity index (χ1n) is 7.23. The van der Waals surface area contributed by atoms with Crippen LogP contribution in [0.1, 0.15) is 31.4 Å². The molecule has 1 unspecified atom stereocenters. The van der Waals surface area contributed by atoms with Crippen molar-refractivity contribution in [1.29, 1.82) is 0 Å². The highest BCUT2D eigenvalue weighted by Gasteiger charge is 2.21. The molecule has 0 amide bonds. The Kier molecular flexibility index (Phi) is 4.27. The summed E-state index contributed by atoms with van der Waals surface area (Å²) in [6, 6.07) is 6.87. The van der Waals surface area contributed by atoms with E-state index in [1.165, 1.54) is 5.56 Å². The fraction of sp³-hybridized carbons (Fsp3) is 0.600. The quantitative estimate of drug-likeness (QED) is 0.927. The molecule has 2 heterocycles. The van der Waals surface area contributed by atoms with Gasteiger partial charge in [-0.2, -0.15) is 0 Å². The molecule has 0 saturated carbocycles. The number of benzene rings is 1. The van der Waals surface area contributed by atoms with Crippen LogP contribution >= 0.6 is 0 Å². The Morgan fingerprint density at radius 3 is 2.65 bits per heavy atom. The third-order valence-corrected chi connectivity index (χ3v) is 5.32. The standard InChI is InChI=1S/C15H21NO3S/c1-11(16-13-4-8-20(17)9-5-13)12-2-3-14-15(10-12)19-7-6-18-14/h2-3,10-11,13,16H,4-9H2,1H3. The van der Waals surface area contributed by atoms with Crippen molar-refractivity contribution in [1.82, 2.24) is 5.32 Å². The fourth-order valence-corrected chi connectivity index (χ4v) is 4.04. The Hall–Kier alpha value is -1.07. The molecular formula is C15H21NO3S. The first-order chi connectivity index (χ1) is 9.72. The predicted octanol–water partition coefficient (Wildman–Crippen LogP) is 2.02. The summed E-state index contributed by atoms with van der Waals surface area (Å²) in [7, 11) is -0.599. The number of hydrogen-bond donors (Lipinski definition) is 1. The maximum Gasteiger partial charge on any atom is 0.161 e. The molecule has 0 radical (unpaired) electrons. The predicted molar refractivity (Wildman–Crippen MR) is 79.9 cm³/mol. The molecule has 2 aliphatic heterocycles. The minimum atomic E-state index is -0.599. The smallest absolute Gasteiger partial charge is 0.161 e. The lowest BCUT2D eigenvalue weighted by atomic mass is 10.0. The first kappa shape index (κ1) is 13.9. The molecule has 2 aliphatic rings. The van der Waals surface area contributed by atoms with Crippen molar-refractivity contribution in [2.45, 2.75) is 31.8 Å². The van der Waals surface area contributed by atoms with Gasteiger partial charge in [0.25, 0.3) is 0 Å². The van der Waals surface area contributed by atoms with E-state index < -0.39 is 10.8 Å². The lowest BCUT2D eigenvalue weighted by Crippen LogP contribution is -2.37. The van der Waals surface area contributed by atoms with E-state index in [1.807, 2.05) is 6.07 Å². The van der Waals surface area contributed by atoms with Crippen molar-refractivity contribution in [2.75, 3.05) is 24.7 Å². The van der Waals surface area contributed by atoms with Gasteiger partial charge in [0.15, 0.2) is 11.5 Å². The van der Waals surface area contributed by atoms with Crippen LogP contribution in [0.5, 0.6) is 11.5 Å². The van der Waals surface area contributed by atoms with Crippen molar-refractivity contribution in [3.63, 3.8) is 0 Å². The third-order valence-electron chi connectivity index (χ3n) is 3.94. The van der Waals surface area contributed by atoms with Gasteiger partial charge in [0.05, 0.1) is 0 Å². The number of hydrogen-bond acceptors (Lipinski definition) is 4. The van der Waals surface area contributed by atoms with Crippen LogP contribution in [0.3, 0.4) is 0 Å². The van der Waals surface area contributed by atoms with Gasteiger partial charge in [-0.3, -0.25) is 4.21 Å². The molecule has 5 heteroatoms. The largest absolute Gasteiger partial charge is 0.486 e. The molecule has 20 heavy (non-hydrogen) atoms. The number of nitrogens with one attached hydrogen (secondary N) is 1. The van der Waals surface area contributed by atoms with Crippen molar-refractivity contribution >= 4 is 10.8 Å². The van der Waals surface area contributed by atoms with E-state index in [0.29, 0.717) is 19.3 Å². The lowest BCUT2D eigenvalue weighted by molar-refractivity contribution is 0.171. The Balaban J connectivity index is 1.64. The van der Waals surface area contributed by atoms with Crippen LogP contribution in [-0.4, -0.2) is 35.0 Å². The molecule has 0 spiro atoms. The Bertz CT molecular complexity index is 496. The van der Waals surface area contributed by atoms with Crippen molar-refractivity contribution in [2.24, 2.45) is 0 Å². The van der Waals surface area contributed by atoms with Gasteiger partial charge < -0.3 is 14.8 Å². The van der Waals surface area contributed by atoms with Crippen LogP contribution < -0.4 is 14.8 Å². The number of ether oxygens (including phenoxy) is 2. The van der Waals surface area contributed by atoms with Gasteiger partial charge in [0, 0.05) is 34.4 Å². The monoisotopic (exact) mass is 295 g/mol. The van der Waals surface area contributed by atoms with Crippen LogP contribution in [0, 0.1) is 0 Å². The summed E-state index contributed by atoms with van der Waals surface area (Å²) in [5.74, 6) is 3.32. The summed E-state index contributed by atoms with van der Waals surface area (Å²) >= 11 is 0. The zero-order valence-corrected chi connectivity index (χ0v) is 12.6. The van der Waals surface area contributed by atoms with Gasteiger partial charge in [-0.15, -0.1) is 0 Å². The second-order valence-corrected chi connectivity index (χ2v) is 7.11. The van der Waals surface area contributed by atoms with Crippen LogP contribution in [0.4, 0.5) is 0 Å². The maximum atomic E-state index is 11.4. The molecule has 1 saturated heterocycles. The van der Waals surface area contributed by atoms with Crippen LogP contribution in [0.25, 0.3) is 0 Å². The van der Waals surface area contributed by atoms with E-state index in [4.69, 9.17) is 9.47 Å². The Labute approximate surface area is 122 Å². The lowest BCUT2D eigenvalue weighted by Gasteiger charge is -2.27. The molecule has 0 bridgehead atoms. The van der Waals surface area contributed by atoms with Crippen LogP contribution in [-0.2, 0) is 10.8 Å². The van der Waals surface area contributed by atoms with E-state index in [1.54, 1.807) is 0 Å². The van der Waals surface area contributed by atoms with Crippen LogP contribution in [0.15, 0.2) is 18.2 Å². The van der Waals surface area contributed by atoms with Crippen molar-refractivity contribution in [3.8, 4) is 11.5 Å². The summed E-state index contributed by atoms with van der Waals surface area (Å²) in [5, 5.41) is 3.63. The number of fused-ring (bicyclic) bond motifs is 1. The van der Waals surface area contributed by atoms with E-state index >= 15 is 0 Å². The molecule has 4 nitrogen and oxygen atoms in total. The second kappa shape index (κ2) is 6.14. The molecule has 0 aromatic heterocycles. The van der Waals surface area contributed by atoms with E-state index in [2.05, 4.69) is 24.4 Å². The molecule has 1 N–H and O–H groups in total. The third kappa shape index (κ3) is 3.15. The van der Waals surface area contributed by atoms with Gasteiger partial charge in [-0.25, -0.2) is 0 Å². The van der Waals surface area contributed by atoms with Crippen molar-refractivity contribution < 1.29 is 13.7 Å². The molecule has 110 valence electrons. The van der Waals surface area contributed by atoms with Gasteiger partial charge in [-0.1, -0.05) is 6.07 Å². The molecule has 1 aromatic carbocycles. The van der Waals surface area contributed by atoms with Crippen LogP contribution in [0.2, 0.25) is 0 Å². The fourth-order valence-electron chi connectivity index (χ4n) is 2.74. The second-order valence-electron chi connectivity index (χ2n) is 5.41. The van der Waals surface area contributed by atoms with Gasteiger partial charge in [-0.05, 0) is 37.5 Å². The SMILES string of the molecule is CC(NC1CCS(=O)CC1)c1ccc2c(c1)OCCO2. The number of rotatable bonds is 3. The summed E-state index contributed by atoms with van der Waals surface area (Å²) in [6.07, 6.45) is 2.00. The molecular weight excluding hydrogens is 274 g/mol. The highest BCUT2D eigenvalue weighted by Crippen LogP contribution is 2.32. The Morgan fingerprint density at radius 1 is 1.20 bits per heavy atom. The van der Waals surface area contributed by atoms with E-state index in [9.17, 15) is 4.21 Å². The molecule has 1 fully saturated rings. The minimum absolute atomic E-state index is 0.266. The molecule has 3 rings (SSSR count). The molecule has 0 aliphatic carbocycles.